The van der Waals surface area contributed by atoms with Crippen molar-refractivity contribution in [2.45, 2.75) is 31.2 Å². The summed E-state index contributed by atoms with van der Waals surface area (Å²) < 4.78 is 0. The number of hydrogen-bond donors (Lipinski definition) is 1. The van der Waals surface area contributed by atoms with E-state index in [4.69, 9.17) is 4.99 Å². The van der Waals surface area contributed by atoms with E-state index in [0.29, 0.717) is 5.92 Å². The van der Waals surface area contributed by atoms with E-state index in [0.717, 1.165) is 41.9 Å². The molecule has 0 amide bonds. The molecule has 2 nitrogen and oxygen atoms in total. The molecule has 1 N–H and O–H groups in total. The summed E-state index contributed by atoms with van der Waals surface area (Å²) in [5.41, 5.74) is 18.8. The van der Waals surface area contributed by atoms with Crippen LogP contribution in [0.15, 0.2) is 205 Å². The number of rotatable bonds is 8. The first kappa shape index (κ1) is 33.8. The maximum Gasteiger partial charge on any atom is 0.133 e. The molecule has 2 heteroatoms. The van der Waals surface area contributed by atoms with Crippen molar-refractivity contribution in [3.05, 3.63) is 239 Å². The van der Waals surface area contributed by atoms with Crippen LogP contribution in [0.5, 0.6) is 0 Å². The fourth-order valence-electron chi connectivity index (χ4n) is 8.61. The van der Waals surface area contributed by atoms with Gasteiger partial charge in [0.05, 0.1) is 6.04 Å². The number of aliphatic imine (C=N–C) groups is 1. The Morgan fingerprint density at radius 1 is 0.500 bits per heavy atom. The summed E-state index contributed by atoms with van der Waals surface area (Å²) in [7, 11) is 0. The van der Waals surface area contributed by atoms with Crippen LogP contribution in [0.1, 0.15) is 63.7 Å². The number of nitrogens with zero attached hydrogens (tertiary/aromatic N) is 1. The molecule has 0 bridgehead atoms. The number of fused-ring (bicyclic) bond motifs is 3. The summed E-state index contributed by atoms with van der Waals surface area (Å²) in [6, 6.07) is 64.1. The van der Waals surface area contributed by atoms with Crippen LogP contribution in [0.25, 0.3) is 44.7 Å². The Balaban J connectivity index is 0.960. The molecule has 3 aliphatic rings. The zero-order chi connectivity index (χ0) is 37.3. The van der Waals surface area contributed by atoms with Gasteiger partial charge < -0.3 is 5.32 Å². The first-order chi connectivity index (χ1) is 27.7. The van der Waals surface area contributed by atoms with Gasteiger partial charge >= 0.3 is 0 Å². The van der Waals surface area contributed by atoms with Gasteiger partial charge in [-0.05, 0) is 116 Å². The molecule has 0 fully saturated rings. The van der Waals surface area contributed by atoms with Crippen LogP contribution in [0, 0.1) is 0 Å². The minimum atomic E-state index is -0.0745. The quantitative estimate of drug-likeness (QED) is 0.166. The standard InChI is InChI=1S/C54H42N2/c1-4-14-38(15-5-1)44-33-45(39-26-24-37(25-27-39)32-51-49-22-12-10-20-47(49)48-21-11-13-23-50(48)51)35-46(34-44)40-28-30-43(31-29-40)54-55-52(41-16-6-2-7-17-41)36-53(56-54)42-18-8-3-9-19-42/h2-4,6-31,33-36,51-52H,1,5,32H2,(H,55,56). The first-order valence-corrected chi connectivity index (χ1v) is 19.8. The second-order valence-electron chi connectivity index (χ2n) is 15.0. The number of allylic oxidation sites excluding steroid dienone is 4. The van der Waals surface area contributed by atoms with Gasteiger partial charge in [-0.15, -0.1) is 0 Å². The number of hydrogen-bond acceptors (Lipinski definition) is 2. The lowest BCUT2D eigenvalue weighted by atomic mass is 9.88. The van der Waals surface area contributed by atoms with Crippen molar-refractivity contribution in [2.75, 3.05) is 0 Å². The van der Waals surface area contributed by atoms with Gasteiger partial charge in [-0.3, -0.25) is 4.99 Å². The summed E-state index contributed by atoms with van der Waals surface area (Å²) in [6.45, 7) is 0. The van der Waals surface area contributed by atoms with Gasteiger partial charge in [0.15, 0.2) is 0 Å². The molecule has 2 aliphatic carbocycles. The Kier molecular flexibility index (Phi) is 8.93. The van der Waals surface area contributed by atoms with E-state index in [1.807, 2.05) is 0 Å². The summed E-state index contributed by atoms with van der Waals surface area (Å²) >= 11 is 0. The molecule has 10 rings (SSSR count). The molecule has 0 saturated heterocycles. The van der Waals surface area contributed by atoms with Crippen molar-refractivity contribution in [3.63, 3.8) is 0 Å². The topological polar surface area (TPSA) is 24.4 Å². The lowest BCUT2D eigenvalue weighted by molar-refractivity contribution is 0.827. The third-order valence-corrected chi connectivity index (χ3v) is 11.5. The van der Waals surface area contributed by atoms with E-state index in [1.165, 1.54) is 66.8 Å². The van der Waals surface area contributed by atoms with Crippen LogP contribution >= 0.6 is 0 Å². The summed E-state index contributed by atoms with van der Waals surface area (Å²) in [6.07, 6.45) is 12.3. The second kappa shape index (κ2) is 14.8. The van der Waals surface area contributed by atoms with E-state index in [1.54, 1.807) is 0 Å². The van der Waals surface area contributed by atoms with Crippen molar-refractivity contribution >= 4 is 17.1 Å². The minimum absolute atomic E-state index is 0.0745. The first-order valence-electron chi connectivity index (χ1n) is 19.8. The van der Waals surface area contributed by atoms with Crippen LogP contribution in [0.2, 0.25) is 0 Å². The molecule has 0 radical (unpaired) electrons. The van der Waals surface area contributed by atoms with Gasteiger partial charge in [-0.2, -0.15) is 0 Å². The average Bonchev–Trinajstić information content (AvgIpc) is 3.60. The largest absolute Gasteiger partial charge is 0.340 e. The lowest BCUT2D eigenvalue weighted by Crippen LogP contribution is -2.27. The molecule has 268 valence electrons. The molecule has 1 heterocycles. The van der Waals surface area contributed by atoms with Crippen molar-refractivity contribution in [1.29, 1.82) is 0 Å². The molecule has 7 aromatic rings. The van der Waals surface area contributed by atoms with E-state index in [-0.39, 0.29) is 6.04 Å². The zero-order valence-corrected chi connectivity index (χ0v) is 31.3. The molecule has 0 saturated carbocycles. The Morgan fingerprint density at radius 2 is 1.07 bits per heavy atom. The monoisotopic (exact) mass is 718 g/mol. The summed E-state index contributed by atoms with van der Waals surface area (Å²) in [5, 5.41) is 3.66. The third-order valence-electron chi connectivity index (χ3n) is 11.5. The molecule has 1 unspecified atom stereocenters. The van der Waals surface area contributed by atoms with Gasteiger partial charge in [0.1, 0.15) is 5.84 Å². The predicted octanol–water partition coefficient (Wildman–Crippen LogP) is 13.2. The van der Waals surface area contributed by atoms with Gasteiger partial charge in [0.25, 0.3) is 0 Å². The van der Waals surface area contributed by atoms with Crippen molar-refractivity contribution in [1.82, 2.24) is 5.32 Å². The van der Waals surface area contributed by atoms with E-state index < -0.39 is 0 Å². The van der Waals surface area contributed by atoms with E-state index in [9.17, 15) is 0 Å². The molecular weight excluding hydrogens is 677 g/mol. The molecular formula is C54H42N2. The van der Waals surface area contributed by atoms with Crippen molar-refractivity contribution < 1.29 is 0 Å². The SMILES string of the molecule is C1=CC(c2cc(-c3ccc(CC4c5ccccc5-c5ccccc54)cc3)cc(-c3ccc(C4=NC(c5ccccc5)C=C(c5ccccc5)N4)cc3)c2)=CCC1. The normalized spacial score (nSPS) is 15.9. The predicted molar refractivity (Wildman–Crippen MR) is 234 cm³/mol. The molecule has 1 aliphatic heterocycles. The number of amidine groups is 1. The molecule has 1 atom stereocenters. The minimum Gasteiger partial charge on any atom is -0.340 e. The molecule has 7 aromatic carbocycles. The van der Waals surface area contributed by atoms with Gasteiger partial charge in [-0.25, -0.2) is 0 Å². The van der Waals surface area contributed by atoms with Crippen LogP contribution in [0.4, 0.5) is 0 Å². The molecule has 0 aromatic heterocycles. The maximum atomic E-state index is 5.21. The Labute approximate surface area is 330 Å². The Bertz CT molecular complexity index is 2620. The molecule has 56 heavy (non-hydrogen) atoms. The fraction of sp³-hybridized carbons (Fsp3) is 0.0926. The zero-order valence-electron chi connectivity index (χ0n) is 31.3. The van der Waals surface area contributed by atoms with Crippen molar-refractivity contribution in [3.8, 4) is 33.4 Å². The Morgan fingerprint density at radius 3 is 1.71 bits per heavy atom. The van der Waals surface area contributed by atoms with Crippen LogP contribution in [-0.4, -0.2) is 5.84 Å². The average molecular weight is 719 g/mol. The number of benzene rings is 7. The van der Waals surface area contributed by atoms with E-state index in [2.05, 4.69) is 206 Å². The van der Waals surface area contributed by atoms with Crippen molar-refractivity contribution in [2.24, 2.45) is 4.99 Å². The van der Waals surface area contributed by atoms with Crippen LogP contribution in [-0.2, 0) is 6.42 Å². The summed E-state index contributed by atoms with van der Waals surface area (Å²) in [5.74, 6) is 1.25. The van der Waals surface area contributed by atoms with Gasteiger partial charge in [0, 0.05) is 17.2 Å². The number of nitrogens with one attached hydrogen (secondary N) is 1. The van der Waals surface area contributed by atoms with Crippen LogP contribution < -0.4 is 5.32 Å². The van der Waals surface area contributed by atoms with Gasteiger partial charge in [0.2, 0.25) is 0 Å². The van der Waals surface area contributed by atoms with Gasteiger partial charge in [-0.1, -0.05) is 176 Å². The van der Waals surface area contributed by atoms with E-state index >= 15 is 0 Å². The maximum absolute atomic E-state index is 5.21. The highest BCUT2D eigenvalue weighted by Gasteiger charge is 2.28. The highest BCUT2D eigenvalue weighted by molar-refractivity contribution is 6.05. The molecule has 0 spiro atoms. The smallest absolute Gasteiger partial charge is 0.133 e. The highest BCUT2D eigenvalue weighted by atomic mass is 15.0. The highest BCUT2D eigenvalue weighted by Crippen LogP contribution is 2.46. The second-order valence-corrected chi connectivity index (χ2v) is 15.0. The third kappa shape index (κ3) is 6.65. The Hall–Kier alpha value is -6.77. The van der Waals surface area contributed by atoms with Crippen LogP contribution in [0.3, 0.4) is 0 Å². The summed E-state index contributed by atoms with van der Waals surface area (Å²) in [4.78, 5) is 5.21. The fourth-order valence-corrected chi connectivity index (χ4v) is 8.61. The lowest BCUT2D eigenvalue weighted by Gasteiger charge is -2.23.